The van der Waals surface area contributed by atoms with Crippen molar-refractivity contribution in [3.05, 3.63) is 33.4 Å². The van der Waals surface area contributed by atoms with Crippen LogP contribution in [-0.4, -0.2) is 12.8 Å². The fraction of sp³-hybridized carbons (Fsp3) is 0.562. The minimum Gasteiger partial charge on any atom is -0.293 e. The molecule has 1 rings (SSSR count). The molecule has 1 aromatic carbocycles. The highest BCUT2D eigenvalue weighted by atomic mass is 14.7. The zero-order valence-corrected chi connectivity index (χ0v) is 12.5. The van der Waals surface area contributed by atoms with E-state index in [2.05, 4.69) is 53.5 Å². The highest BCUT2D eigenvalue weighted by Crippen LogP contribution is 2.32. The Morgan fingerprint density at radius 3 is 1.76 bits per heavy atom. The topological polar surface area (TPSA) is 12.4 Å². The third kappa shape index (κ3) is 2.29. The first-order valence-corrected chi connectivity index (χ1v) is 6.36. The lowest BCUT2D eigenvalue weighted by Gasteiger charge is -2.23. The van der Waals surface area contributed by atoms with Crippen molar-refractivity contribution in [2.75, 3.05) is 7.05 Å². The van der Waals surface area contributed by atoms with Crippen molar-refractivity contribution < 1.29 is 0 Å². The highest BCUT2D eigenvalue weighted by molar-refractivity contribution is 6.02. The molecule has 0 saturated heterocycles. The zero-order chi connectivity index (χ0) is 13.3. The number of rotatable bonds is 2. The Hall–Kier alpha value is -1.11. The van der Waals surface area contributed by atoms with Gasteiger partial charge < -0.3 is 0 Å². The van der Waals surface area contributed by atoms with E-state index >= 15 is 0 Å². The van der Waals surface area contributed by atoms with Crippen LogP contribution in [0.25, 0.3) is 0 Å². The Morgan fingerprint density at radius 1 is 0.882 bits per heavy atom. The average molecular weight is 231 g/mol. The Morgan fingerprint density at radius 2 is 1.35 bits per heavy atom. The lowest BCUT2D eigenvalue weighted by atomic mass is 9.82. The molecular formula is C16H25N. The molecule has 0 aliphatic rings. The van der Waals surface area contributed by atoms with Gasteiger partial charge in [0.05, 0.1) is 0 Å². The predicted molar refractivity (Wildman–Crippen MR) is 77.6 cm³/mol. The summed E-state index contributed by atoms with van der Waals surface area (Å²) in [5.41, 5.74) is 9.64. The van der Waals surface area contributed by atoms with Gasteiger partial charge in [0.25, 0.3) is 0 Å². The Labute approximate surface area is 106 Å². The van der Waals surface area contributed by atoms with Gasteiger partial charge >= 0.3 is 0 Å². The fourth-order valence-electron chi connectivity index (χ4n) is 2.64. The maximum absolute atomic E-state index is 4.39. The van der Waals surface area contributed by atoms with E-state index in [-0.39, 0.29) is 0 Å². The van der Waals surface area contributed by atoms with E-state index < -0.39 is 0 Å². The number of aliphatic imine (C=N–C) groups is 1. The monoisotopic (exact) mass is 231 g/mol. The molecule has 0 aromatic heterocycles. The van der Waals surface area contributed by atoms with Gasteiger partial charge in [0.2, 0.25) is 0 Å². The molecule has 0 unspecified atom stereocenters. The molecule has 0 saturated carbocycles. The van der Waals surface area contributed by atoms with Crippen molar-refractivity contribution in [2.24, 2.45) is 4.99 Å². The van der Waals surface area contributed by atoms with Crippen molar-refractivity contribution in [1.82, 2.24) is 0 Å². The minimum atomic E-state index is 0.541. The predicted octanol–water partition coefficient (Wildman–Crippen LogP) is 4.48. The zero-order valence-electron chi connectivity index (χ0n) is 12.5. The highest BCUT2D eigenvalue weighted by Gasteiger charge is 2.18. The van der Waals surface area contributed by atoms with Crippen LogP contribution in [0.4, 0.5) is 0 Å². The van der Waals surface area contributed by atoms with Gasteiger partial charge in [-0.25, -0.2) is 0 Å². The summed E-state index contributed by atoms with van der Waals surface area (Å²) in [6.45, 7) is 15.6. The van der Waals surface area contributed by atoms with Crippen LogP contribution in [0.5, 0.6) is 0 Å². The maximum atomic E-state index is 4.39. The van der Waals surface area contributed by atoms with E-state index in [1.54, 1.807) is 0 Å². The summed E-state index contributed by atoms with van der Waals surface area (Å²) in [5.74, 6) is 0.541. The molecule has 0 bridgehead atoms. The van der Waals surface area contributed by atoms with Gasteiger partial charge in [0.15, 0.2) is 0 Å². The van der Waals surface area contributed by atoms with Crippen LogP contribution in [0.15, 0.2) is 4.99 Å². The Kier molecular flexibility index (Phi) is 4.13. The van der Waals surface area contributed by atoms with Crippen LogP contribution < -0.4 is 0 Å². The first-order valence-electron chi connectivity index (χ1n) is 6.36. The smallest absolute Gasteiger partial charge is 0.0391 e. The van der Waals surface area contributed by atoms with Gasteiger partial charge in [-0.2, -0.15) is 0 Å². The van der Waals surface area contributed by atoms with Gasteiger partial charge in [-0.15, -0.1) is 0 Å². The maximum Gasteiger partial charge on any atom is 0.0391 e. The van der Waals surface area contributed by atoms with E-state index in [9.17, 15) is 0 Å². The summed E-state index contributed by atoms with van der Waals surface area (Å²) in [7, 11) is 1.88. The summed E-state index contributed by atoms with van der Waals surface area (Å²) < 4.78 is 0. The molecule has 1 nitrogen and oxygen atoms in total. The molecular weight excluding hydrogens is 206 g/mol. The van der Waals surface area contributed by atoms with Crippen molar-refractivity contribution in [3.8, 4) is 0 Å². The van der Waals surface area contributed by atoms with Crippen LogP contribution in [0.2, 0.25) is 0 Å². The summed E-state index contributed by atoms with van der Waals surface area (Å²) in [6.07, 6.45) is 0. The molecule has 0 N–H and O–H groups in total. The number of hydrogen-bond donors (Lipinski definition) is 0. The molecule has 0 fully saturated rings. The molecule has 1 aromatic rings. The fourth-order valence-corrected chi connectivity index (χ4v) is 2.64. The van der Waals surface area contributed by atoms with E-state index in [1.165, 1.54) is 33.4 Å². The molecule has 0 amide bonds. The SMILES string of the molecule is C/N=C(\C)c1c(C)c(C)c(C)c(C)c1C(C)C. The summed E-state index contributed by atoms with van der Waals surface area (Å²) in [4.78, 5) is 4.39. The standard InChI is InChI=1S/C16H25N/c1-9(2)15-12(5)10(3)11(4)13(6)16(15)14(7)17-8/h9H,1-8H3/b17-14+. The van der Waals surface area contributed by atoms with Gasteiger partial charge in [-0.1, -0.05) is 13.8 Å². The van der Waals surface area contributed by atoms with Crippen molar-refractivity contribution in [1.29, 1.82) is 0 Å². The third-order valence-corrected chi connectivity index (χ3v) is 4.01. The second kappa shape index (κ2) is 5.03. The van der Waals surface area contributed by atoms with Gasteiger partial charge in [0.1, 0.15) is 0 Å². The van der Waals surface area contributed by atoms with Crippen LogP contribution in [0, 0.1) is 27.7 Å². The number of nitrogens with zero attached hydrogens (tertiary/aromatic N) is 1. The quantitative estimate of drug-likeness (QED) is 0.665. The summed E-state index contributed by atoms with van der Waals surface area (Å²) >= 11 is 0. The molecule has 0 radical (unpaired) electrons. The second-order valence-electron chi connectivity index (χ2n) is 5.25. The van der Waals surface area contributed by atoms with Crippen molar-refractivity contribution in [2.45, 2.75) is 54.4 Å². The third-order valence-electron chi connectivity index (χ3n) is 4.01. The van der Waals surface area contributed by atoms with Gasteiger partial charge in [-0.3, -0.25) is 4.99 Å². The second-order valence-corrected chi connectivity index (χ2v) is 5.25. The van der Waals surface area contributed by atoms with Crippen LogP contribution in [0.1, 0.15) is 60.1 Å². The van der Waals surface area contributed by atoms with Crippen LogP contribution in [0.3, 0.4) is 0 Å². The van der Waals surface area contributed by atoms with Gasteiger partial charge in [-0.05, 0) is 68.4 Å². The van der Waals surface area contributed by atoms with E-state index in [0.717, 1.165) is 5.71 Å². The van der Waals surface area contributed by atoms with Crippen LogP contribution >= 0.6 is 0 Å². The van der Waals surface area contributed by atoms with Crippen molar-refractivity contribution >= 4 is 5.71 Å². The summed E-state index contributed by atoms with van der Waals surface area (Å²) in [5, 5.41) is 0. The molecule has 0 heterocycles. The van der Waals surface area contributed by atoms with Crippen molar-refractivity contribution in [3.63, 3.8) is 0 Å². The normalized spacial score (nSPS) is 12.4. The largest absolute Gasteiger partial charge is 0.293 e. The number of hydrogen-bond acceptors (Lipinski definition) is 1. The first-order chi connectivity index (χ1) is 7.82. The average Bonchev–Trinajstić information content (AvgIpc) is 2.29. The Balaban J connectivity index is 3.78. The molecule has 0 aliphatic heterocycles. The Bertz CT molecular complexity index is 465. The lowest BCUT2D eigenvalue weighted by Crippen LogP contribution is -2.11. The van der Waals surface area contributed by atoms with E-state index in [4.69, 9.17) is 0 Å². The molecule has 0 spiro atoms. The minimum absolute atomic E-state index is 0.541. The van der Waals surface area contributed by atoms with Gasteiger partial charge in [0, 0.05) is 18.3 Å². The summed E-state index contributed by atoms with van der Waals surface area (Å²) in [6, 6.07) is 0. The van der Waals surface area contributed by atoms with E-state index in [1.807, 2.05) is 7.05 Å². The van der Waals surface area contributed by atoms with Crippen LogP contribution in [-0.2, 0) is 0 Å². The lowest BCUT2D eigenvalue weighted by molar-refractivity contribution is 0.846. The molecule has 94 valence electrons. The number of benzene rings is 1. The first kappa shape index (κ1) is 14.0. The molecule has 0 atom stereocenters. The van der Waals surface area contributed by atoms with E-state index in [0.29, 0.717) is 5.92 Å². The molecule has 1 heteroatoms. The molecule has 0 aliphatic carbocycles. The molecule has 17 heavy (non-hydrogen) atoms.